The Kier molecular flexibility index (Phi) is 1.97. The van der Waals surface area contributed by atoms with Crippen LogP contribution in [0.1, 0.15) is 4.88 Å². The maximum Gasteiger partial charge on any atom is 0.180 e. The first-order valence-corrected chi connectivity index (χ1v) is 4.83. The molecule has 1 heterocycles. The molecule has 0 N–H and O–H groups in total. The zero-order chi connectivity index (χ0) is 6.85. The fourth-order valence-electron chi connectivity index (χ4n) is 0.467. The topological polar surface area (TPSA) is 30.0 Å². The third kappa shape index (κ3) is 1.59. The summed E-state index contributed by atoms with van der Waals surface area (Å²) < 4.78 is 11.4. The van der Waals surface area contributed by atoms with Gasteiger partial charge in [0, 0.05) is 17.3 Å². The van der Waals surface area contributed by atoms with E-state index in [0.29, 0.717) is 4.34 Å². The highest BCUT2D eigenvalue weighted by Crippen LogP contribution is 2.13. The molecule has 0 saturated heterocycles. The SMILES string of the molecule is Cc1cnc(S(C)=O)s1. The van der Waals surface area contributed by atoms with Crippen molar-refractivity contribution in [1.82, 2.24) is 4.98 Å². The van der Waals surface area contributed by atoms with E-state index in [1.807, 2.05) is 6.92 Å². The molecule has 0 aliphatic heterocycles. The smallest absolute Gasteiger partial charge is 0.180 e. The third-order valence-electron chi connectivity index (χ3n) is 0.846. The Bertz CT molecular complexity index is 231. The summed E-state index contributed by atoms with van der Waals surface area (Å²) in [5.74, 6) is 0. The number of aromatic nitrogens is 1. The normalized spacial score (nSPS) is 13.6. The van der Waals surface area contributed by atoms with E-state index in [-0.39, 0.29) is 0 Å². The first-order valence-electron chi connectivity index (χ1n) is 2.46. The van der Waals surface area contributed by atoms with Crippen molar-refractivity contribution in [2.24, 2.45) is 0 Å². The van der Waals surface area contributed by atoms with Gasteiger partial charge in [0.1, 0.15) is 0 Å². The van der Waals surface area contributed by atoms with E-state index >= 15 is 0 Å². The van der Waals surface area contributed by atoms with Gasteiger partial charge in [0.05, 0.1) is 10.8 Å². The second-order valence-electron chi connectivity index (χ2n) is 1.69. The minimum absolute atomic E-state index is 0.715. The molecule has 1 atom stereocenters. The molecule has 0 aromatic carbocycles. The van der Waals surface area contributed by atoms with E-state index in [1.165, 1.54) is 11.3 Å². The van der Waals surface area contributed by atoms with Gasteiger partial charge in [0.15, 0.2) is 4.34 Å². The predicted molar refractivity (Wildman–Crippen MR) is 39.2 cm³/mol. The number of rotatable bonds is 1. The molecule has 0 spiro atoms. The van der Waals surface area contributed by atoms with Crippen molar-refractivity contribution in [2.45, 2.75) is 11.3 Å². The van der Waals surface area contributed by atoms with Crippen molar-refractivity contribution in [3.8, 4) is 0 Å². The quantitative estimate of drug-likeness (QED) is 0.619. The summed E-state index contributed by atoms with van der Waals surface area (Å²) in [5.41, 5.74) is 0. The van der Waals surface area contributed by atoms with Crippen LogP contribution in [0, 0.1) is 6.92 Å². The first kappa shape index (κ1) is 6.89. The lowest BCUT2D eigenvalue weighted by molar-refractivity contribution is 0.686. The molecule has 0 bridgehead atoms. The Labute approximate surface area is 60.4 Å². The van der Waals surface area contributed by atoms with E-state index in [0.717, 1.165) is 4.88 Å². The van der Waals surface area contributed by atoms with Crippen LogP contribution in [0.2, 0.25) is 0 Å². The highest BCUT2D eigenvalue weighted by atomic mass is 32.2. The predicted octanol–water partition coefficient (Wildman–Crippen LogP) is 1.19. The molecule has 1 aromatic rings. The van der Waals surface area contributed by atoms with Crippen molar-refractivity contribution in [1.29, 1.82) is 0 Å². The molecule has 1 unspecified atom stereocenters. The van der Waals surface area contributed by atoms with E-state index in [2.05, 4.69) is 4.98 Å². The molecule has 0 aliphatic carbocycles. The lowest BCUT2D eigenvalue weighted by Gasteiger charge is -1.80. The van der Waals surface area contributed by atoms with Gasteiger partial charge in [0.2, 0.25) is 0 Å². The largest absolute Gasteiger partial charge is 0.252 e. The van der Waals surface area contributed by atoms with Crippen molar-refractivity contribution in [3.05, 3.63) is 11.1 Å². The van der Waals surface area contributed by atoms with Crippen molar-refractivity contribution < 1.29 is 4.21 Å². The average Bonchev–Trinajstić information content (AvgIpc) is 2.14. The number of thiazole rings is 1. The number of hydrogen-bond donors (Lipinski definition) is 0. The van der Waals surface area contributed by atoms with Gasteiger partial charge in [-0.25, -0.2) is 4.98 Å². The van der Waals surface area contributed by atoms with Gasteiger partial charge in [-0.1, -0.05) is 0 Å². The highest BCUT2D eigenvalue weighted by Gasteiger charge is 1.99. The molecule has 50 valence electrons. The molecular weight excluding hydrogens is 154 g/mol. The summed E-state index contributed by atoms with van der Waals surface area (Å²) in [6.07, 6.45) is 3.37. The minimum Gasteiger partial charge on any atom is -0.252 e. The maximum absolute atomic E-state index is 10.7. The Morgan fingerprint density at radius 2 is 2.44 bits per heavy atom. The second-order valence-corrected chi connectivity index (χ2v) is 4.48. The first-order chi connectivity index (χ1) is 4.20. The Balaban J connectivity index is 2.98. The van der Waals surface area contributed by atoms with Crippen LogP contribution in [0.25, 0.3) is 0 Å². The summed E-state index contributed by atoms with van der Waals surface area (Å²) in [6.45, 7) is 1.95. The van der Waals surface area contributed by atoms with E-state index in [1.54, 1.807) is 12.5 Å². The minimum atomic E-state index is -0.901. The third-order valence-corrected chi connectivity index (χ3v) is 3.10. The maximum atomic E-state index is 10.7. The zero-order valence-electron chi connectivity index (χ0n) is 5.25. The highest BCUT2D eigenvalue weighted by molar-refractivity contribution is 7.86. The van der Waals surface area contributed by atoms with Crippen LogP contribution in [-0.2, 0) is 10.8 Å². The van der Waals surface area contributed by atoms with Gasteiger partial charge < -0.3 is 0 Å². The summed E-state index contributed by atoms with van der Waals surface area (Å²) in [4.78, 5) is 5.04. The second kappa shape index (κ2) is 2.58. The standard InChI is InChI=1S/C5H7NOS2/c1-4-3-6-5(8-4)9(2)7/h3H,1-2H3. The van der Waals surface area contributed by atoms with Gasteiger partial charge >= 0.3 is 0 Å². The monoisotopic (exact) mass is 161 g/mol. The molecule has 9 heavy (non-hydrogen) atoms. The lowest BCUT2D eigenvalue weighted by Crippen LogP contribution is -1.82. The number of aryl methyl sites for hydroxylation is 1. The van der Waals surface area contributed by atoms with Crippen molar-refractivity contribution in [2.75, 3.05) is 6.26 Å². The molecule has 0 saturated carbocycles. The van der Waals surface area contributed by atoms with Crippen molar-refractivity contribution in [3.63, 3.8) is 0 Å². The molecule has 0 aliphatic rings. The molecule has 1 aromatic heterocycles. The molecule has 0 radical (unpaired) electrons. The van der Waals surface area contributed by atoms with Crippen LogP contribution in [-0.4, -0.2) is 15.4 Å². The van der Waals surface area contributed by atoms with Crippen LogP contribution in [0.15, 0.2) is 10.5 Å². The fourth-order valence-corrected chi connectivity index (χ4v) is 2.02. The van der Waals surface area contributed by atoms with Crippen LogP contribution >= 0.6 is 11.3 Å². The van der Waals surface area contributed by atoms with E-state index < -0.39 is 10.8 Å². The van der Waals surface area contributed by atoms with Gasteiger partial charge in [-0.2, -0.15) is 0 Å². The van der Waals surface area contributed by atoms with Crippen molar-refractivity contribution >= 4 is 22.1 Å². The Hall–Kier alpha value is -0.220. The van der Waals surface area contributed by atoms with Gasteiger partial charge in [-0.05, 0) is 6.92 Å². The average molecular weight is 161 g/mol. The van der Waals surface area contributed by atoms with Crippen LogP contribution < -0.4 is 0 Å². The summed E-state index contributed by atoms with van der Waals surface area (Å²) in [5, 5.41) is 0. The zero-order valence-corrected chi connectivity index (χ0v) is 6.88. The van der Waals surface area contributed by atoms with Crippen LogP contribution in [0.3, 0.4) is 0 Å². The number of nitrogens with zero attached hydrogens (tertiary/aromatic N) is 1. The molecule has 1 rings (SSSR count). The van der Waals surface area contributed by atoms with E-state index in [9.17, 15) is 4.21 Å². The summed E-state index contributed by atoms with van der Waals surface area (Å²) in [6, 6.07) is 0. The van der Waals surface area contributed by atoms with Crippen LogP contribution in [0.5, 0.6) is 0 Å². The van der Waals surface area contributed by atoms with E-state index in [4.69, 9.17) is 0 Å². The van der Waals surface area contributed by atoms with Gasteiger partial charge in [-0.3, -0.25) is 4.21 Å². The fraction of sp³-hybridized carbons (Fsp3) is 0.400. The Morgan fingerprint density at radius 3 is 2.67 bits per heavy atom. The van der Waals surface area contributed by atoms with Gasteiger partial charge in [-0.15, -0.1) is 11.3 Å². The molecule has 0 amide bonds. The molecule has 4 heteroatoms. The lowest BCUT2D eigenvalue weighted by atomic mass is 10.7. The Morgan fingerprint density at radius 1 is 1.78 bits per heavy atom. The van der Waals surface area contributed by atoms with Crippen LogP contribution in [0.4, 0.5) is 0 Å². The van der Waals surface area contributed by atoms with Gasteiger partial charge in [0.25, 0.3) is 0 Å². The summed E-state index contributed by atoms with van der Waals surface area (Å²) in [7, 11) is -0.901. The summed E-state index contributed by atoms with van der Waals surface area (Å²) >= 11 is 1.48. The molecule has 2 nitrogen and oxygen atoms in total. The molecule has 0 fully saturated rings. The molecular formula is C5H7NOS2. The number of hydrogen-bond acceptors (Lipinski definition) is 3.